The van der Waals surface area contributed by atoms with Gasteiger partial charge in [0.1, 0.15) is 30.7 Å². The number of nitrogens with two attached hydrogens (primary N) is 1. The summed E-state index contributed by atoms with van der Waals surface area (Å²) in [7, 11) is -0.669. The molecule has 1 aromatic rings. The number of aromatic nitrogens is 2. The van der Waals surface area contributed by atoms with Crippen molar-refractivity contribution >= 4 is 37.5 Å². The van der Waals surface area contributed by atoms with Crippen LogP contribution in [0, 0.1) is 0 Å². The number of halogens is 1. The normalized spacial score (nSPS) is 24.8. The van der Waals surface area contributed by atoms with Crippen molar-refractivity contribution < 1.29 is 33.4 Å². The molecule has 0 spiro atoms. The zero-order valence-electron chi connectivity index (χ0n) is 17.1. The van der Waals surface area contributed by atoms with Crippen LogP contribution in [-0.2, 0) is 23.4 Å². The molecule has 5 N–H and O–H groups in total. The van der Waals surface area contributed by atoms with E-state index >= 15 is 0 Å². The molecule has 0 bridgehead atoms. The van der Waals surface area contributed by atoms with E-state index in [9.17, 15) is 24.2 Å². The summed E-state index contributed by atoms with van der Waals surface area (Å²) in [6.07, 6.45) is -2.72. The Kier molecular flexibility index (Phi) is 9.13. The van der Waals surface area contributed by atoms with Gasteiger partial charge in [-0.15, -0.1) is 0 Å². The van der Waals surface area contributed by atoms with Crippen molar-refractivity contribution in [2.24, 2.45) is 4.99 Å². The van der Waals surface area contributed by atoms with Crippen LogP contribution >= 0.6 is 19.9 Å². The predicted molar refractivity (Wildman–Crippen MR) is 115 cm³/mol. The molecule has 0 aliphatic carbocycles. The van der Waals surface area contributed by atoms with Gasteiger partial charge in [0.05, 0.1) is 10.6 Å². The van der Waals surface area contributed by atoms with Crippen molar-refractivity contribution in [3.05, 3.63) is 46.0 Å². The third-order valence-electron chi connectivity index (χ3n) is 4.33. The van der Waals surface area contributed by atoms with E-state index < -0.39 is 44.4 Å². The van der Waals surface area contributed by atoms with Crippen LogP contribution < -0.4 is 16.7 Å². The lowest BCUT2D eigenvalue weighted by Crippen LogP contribution is -2.37. The quantitative estimate of drug-likeness (QED) is 0.119. The molecule has 1 aliphatic heterocycles. The zero-order valence-corrected chi connectivity index (χ0v) is 18.9. The van der Waals surface area contributed by atoms with Gasteiger partial charge in [0, 0.05) is 26.4 Å². The molecule has 1 fully saturated rings. The maximum Gasteiger partial charge on any atom is 0.351 e. The van der Waals surface area contributed by atoms with E-state index in [-0.39, 0.29) is 28.9 Å². The molecule has 32 heavy (non-hydrogen) atoms. The lowest BCUT2D eigenvalue weighted by molar-refractivity contribution is -0.116. The molecular weight excluding hydrogens is 469 g/mol. The number of rotatable bonds is 8. The SMILES string of the molecule is C=C(C(=O)NC)/C(Cl)=C\C(=N/C)OC[C@H]1O[C@@H](n2ccc(N)nc2=O)[C@H](O)[C@@H]1O[PH](=O)O. The average molecular weight is 492 g/mol. The van der Waals surface area contributed by atoms with Gasteiger partial charge < -0.3 is 35.0 Å². The topological polar surface area (TPSA) is 188 Å². The van der Waals surface area contributed by atoms with Gasteiger partial charge in [-0.1, -0.05) is 18.2 Å². The Morgan fingerprint density at radius 2 is 2.28 bits per heavy atom. The van der Waals surface area contributed by atoms with Crippen molar-refractivity contribution in [2.75, 3.05) is 26.4 Å². The number of carbonyl (C=O) groups is 1. The van der Waals surface area contributed by atoms with Gasteiger partial charge in [-0.25, -0.2) is 4.79 Å². The molecule has 0 radical (unpaired) electrons. The maximum absolute atomic E-state index is 12.1. The molecule has 2 heterocycles. The number of nitrogens with zero attached hydrogens (tertiary/aromatic N) is 3. The van der Waals surface area contributed by atoms with Crippen LogP contribution in [-0.4, -0.2) is 70.4 Å². The van der Waals surface area contributed by atoms with Crippen molar-refractivity contribution in [3.8, 4) is 0 Å². The summed E-state index contributed by atoms with van der Waals surface area (Å²) in [6, 6.07) is 1.32. The first-order valence-corrected chi connectivity index (χ1v) is 10.7. The molecule has 2 rings (SSSR count). The van der Waals surface area contributed by atoms with Crippen LogP contribution in [0.3, 0.4) is 0 Å². The zero-order chi connectivity index (χ0) is 24.0. The minimum atomic E-state index is -3.48. The monoisotopic (exact) mass is 491 g/mol. The van der Waals surface area contributed by atoms with Crippen molar-refractivity contribution in [1.82, 2.24) is 14.9 Å². The Balaban J connectivity index is 2.20. The smallest absolute Gasteiger partial charge is 0.351 e. The second-order valence-corrected chi connectivity index (χ2v) is 7.54. The molecule has 5 atom stereocenters. The molecule has 1 saturated heterocycles. The maximum atomic E-state index is 12.1. The Labute approximate surface area is 188 Å². The summed E-state index contributed by atoms with van der Waals surface area (Å²) in [5, 5.41) is 12.9. The summed E-state index contributed by atoms with van der Waals surface area (Å²) in [5.41, 5.74) is 4.64. The van der Waals surface area contributed by atoms with E-state index in [1.54, 1.807) is 0 Å². The highest BCUT2D eigenvalue weighted by Gasteiger charge is 2.47. The second kappa shape index (κ2) is 11.4. The van der Waals surface area contributed by atoms with Crippen LogP contribution in [0.25, 0.3) is 0 Å². The molecule has 0 saturated carbocycles. The lowest BCUT2D eigenvalue weighted by Gasteiger charge is -2.19. The van der Waals surface area contributed by atoms with E-state index in [4.69, 9.17) is 31.3 Å². The van der Waals surface area contributed by atoms with Crippen LogP contribution in [0.1, 0.15) is 6.23 Å². The fourth-order valence-electron chi connectivity index (χ4n) is 2.76. The molecular formula is C17H23ClN5O8P. The first-order chi connectivity index (χ1) is 15.1. The molecule has 0 aromatic carbocycles. The number of aliphatic hydroxyl groups excluding tert-OH is 1. The number of aliphatic hydroxyl groups is 1. The number of aliphatic imine (C=N–C) groups is 1. The van der Waals surface area contributed by atoms with Gasteiger partial charge in [-0.05, 0) is 6.07 Å². The highest BCUT2D eigenvalue weighted by Crippen LogP contribution is 2.35. The fourth-order valence-corrected chi connectivity index (χ4v) is 3.46. The summed E-state index contributed by atoms with van der Waals surface area (Å²) in [6.45, 7) is 3.24. The summed E-state index contributed by atoms with van der Waals surface area (Å²) < 4.78 is 28.3. The highest BCUT2D eigenvalue weighted by atomic mass is 35.5. The van der Waals surface area contributed by atoms with Gasteiger partial charge in [-0.2, -0.15) is 4.98 Å². The predicted octanol–water partition coefficient (Wildman–Crippen LogP) is -0.679. The molecule has 13 nitrogen and oxygen atoms in total. The molecule has 15 heteroatoms. The molecule has 1 aliphatic rings. The first kappa shape index (κ1) is 25.7. The first-order valence-electron chi connectivity index (χ1n) is 9.05. The van der Waals surface area contributed by atoms with Gasteiger partial charge in [-0.3, -0.25) is 18.9 Å². The number of amides is 1. The van der Waals surface area contributed by atoms with E-state index in [0.717, 1.165) is 4.57 Å². The van der Waals surface area contributed by atoms with Gasteiger partial charge in [0.2, 0.25) is 5.90 Å². The summed E-state index contributed by atoms with van der Waals surface area (Å²) in [4.78, 5) is 40.4. The molecule has 1 unspecified atom stereocenters. The minimum Gasteiger partial charge on any atom is -0.475 e. The number of carbonyl (C=O) groups excluding carboxylic acids is 1. The van der Waals surface area contributed by atoms with E-state index in [1.807, 2.05) is 0 Å². The van der Waals surface area contributed by atoms with Gasteiger partial charge in [0.15, 0.2) is 6.23 Å². The van der Waals surface area contributed by atoms with E-state index in [2.05, 4.69) is 21.9 Å². The molecule has 1 amide bonds. The number of likely N-dealkylation sites (N-methyl/N-ethyl adjacent to an activating group) is 1. The average Bonchev–Trinajstić information content (AvgIpc) is 3.04. The second-order valence-electron chi connectivity index (χ2n) is 6.37. The van der Waals surface area contributed by atoms with Crippen molar-refractivity contribution in [2.45, 2.75) is 24.5 Å². The number of nitrogens with one attached hydrogen (secondary N) is 1. The number of ether oxygens (including phenoxy) is 2. The fraction of sp³-hybridized carbons (Fsp3) is 0.412. The summed E-state index contributed by atoms with van der Waals surface area (Å²) in [5.74, 6) is -0.558. The Morgan fingerprint density at radius 1 is 1.59 bits per heavy atom. The van der Waals surface area contributed by atoms with Crippen LogP contribution in [0.5, 0.6) is 0 Å². The Bertz CT molecular complexity index is 1010. The number of nitrogen functional groups attached to an aromatic ring is 1. The molecule has 176 valence electrons. The minimum absolute atomic E-state index is 0.0247. The number of hydrogen-bond acceptors (Lipinski definition) is 10. The van der Waals surface area contributed by atoms with E-state index in [0.29, 0.717) is 0 Å². The van der Waals surface area contributed by atoms with Gasteiger partial charge in [0.25, 0.3) is 5.91 Å². The van der Waals surface area contributed by atoms with Crippen molar-refractivity contribution in [1.29, 1.82) is 0 Å². The third kappa shape index (κ3) is 6.25. The lowest BCUT2D eigenvalue weighted by atomic mass is 10.1. The standard InChI is InChI=1S/C17H23ClN5O8P/c1-8(15(25)21-3)9(18)6-12(20-2)29-7-10-14(31-32(27)28)13(24)16(30-10)23-5-4-11(19)22-17(23)26/h4-6,10,13-14,16,24,32H,1,7H2,2-3H3,(H,21,25)(H,27,28)(H2,19,22,26)/b9-6+,20-12+/t10-,13-,14-,16-/m1/s1. The van der Waals surface area contributed by atoms with Crippen molar-refractivity contribution in [3.63, 3.8) is 0 Å². The van der Waals surface area contributed by atoms with Crippen LogP contribution in [0.15, 0.2) is 45.3 Å². The van der Waals surface area contributed by atoms with Crippen LogP contribution in [0.4, 0.5) is 5.82 Å². The number of hydrogen-bond donors (Lipinski definition) is 4. The number of anilines is 1. The van der Waals surface area contributed by atoms with Gasteiger partial charge >= 0.3 is 13.9 Å². The highest BCUT2D eigenvalue weighted by molar-refractivity contribution is 7.32. The largest absolute Gasteiger partial charge is 0.475 e. The van der Waals surface area contributed by atoms with E-state index in [1.165, 1.54) is 32.4 Å². The molecule has 1 aromatic heterocycles. The summed E-state index contributed by atoms with van der Waals surface area (Å²) >= 11 is 6.05. The Morgan fingerprint density at radius 3 is 2.84 bits per heavy atom. The third-order valence-corrected chi connectivity index (χ3v) is 5.14. The van der Waals surface area contributed by atoms with Crippen LogP contribution in [0.2, 0.25) is 0 Å². The Hall–Kier alpha value is -2.54.